The van der Waals surface area contributed by atoms with Crippen molar-refractivity contribution in [3.63, 3.8) is 0 Å². The molecule has 1 aromatic heterocycles. The number of phenolic OH excluding ortho intramolecular Hbond substituents is 1. The Balaban J connectivity index is 2.50. The molecule has 0 aliphatic heterocycles. The minimum Gasteiger partial charge on any atom is -0.507 e. The number of hydrogen-bond acceptors (Lipinski definition) is 6. The van der Waals surface area contributed by atoms with Crippen molar-refractivity contribution >= 4 is 0 Å². The van der Waals surface area contributed by atoms with E-state index >= 15 is 0 Å². The van der Waals surface area contributed by atoms with Gasteiger partial charge in [0.2, 0.25) is 11.7 Å². The summed E-state index contributed by atoms with van der Waals surface area (Å²) in [5.41, 5.74) is 5.53. The van der Waals surface area contributed by atoms with Crippen molar-refractivity contribution in [1.82, 2.24) is 10.1 Å². The van der Waals surface area contributed by atoms with Crippen LogP contribution in [0.15, 0.2) is 16.7 Å². The summed E-state index contributed by atoms with van der Waals surface area (Å²) in [5.74, 6) is -0.634. The zero-order valence-electron chi connectivity index (χ0n) is 8.98. The Morgan fingerprint density at radius 1 is 1.53 bits per heavy atom. The van der Waals surface area contributed by atoms with E-state index in [4.69, 9.17) is 15.0 Å². The highest BCUT2D eigenvalue weighted by atomic mass is 19.1. The average Bonchev–Trinajstić information content (AvgIpc) is 2.78. The van der Waals surface area contributed by atoms with Crippen molar-refractivity contribution in [3.8, 4) is 22.9 Å². The number of methoxy groups -OCH3 is 1. The number of aromatic hydroxyl groups is 1. The Hall–Kier alpha value is -2.15. The minimum atomic E-state index is -0.670. The number of ether oxygens (including phenoxy) is 1. The van der Waals surface area contributed by atoms with Gasteiger partial charge in [-0.2, -0.15) is 4.98 Å². The van der Waals surface area contributed by atoms with E-state index in [9.17, 15) is 9.50 Å². The van der Waals surface area contributed by atoms with Crippen LogP contribution in [0, 0.1) is 5.82 Å². The van der Waals surface area contributed by atoms with Gasteiger partial charge in [0.05, 0.1) is 19.2 Å². The summed E-state index contributed by atoms with van der Waals surface area (Å²) in [4.78, 5) is 3.92. The lowest BCUT2D eigenvalue weighted by Gasteiger charge is -2.05. The molecule has 2 rings (SSSR count). The molecule has 3 N–H and O–H groups in total. The van der Waals surface area contributed by atoms with Crippen LogP contribution in [0.2, 0.25) is 0 Å². The number of rotatable bonds is 3. The van der Waals surface area contributed by atoms with Crippen LogP contribution < -0.4 is 10.5 Å². The minimum absolute atomic E-state index is 0.0168. The van der Waals surface area contributed by atoms with Crippen molar-refractivity contribution < 1.29 is 18.8 Å². The smallest absolute Gasteiger partial charge is 0.240 e. The highest BCUT2D eigenvalue weighted by Gasteiger charge is 2.16. The summed E-state index contributed by atoms with van der Waals surface area (Å²) in [7, 11) is 1.32. The molecule has 0 spiro atoms. The molecule has 0 atom stereocenters. The maximum Gasteiger partial charge on any atom is 0.240 e. The van der Waals surface area contributed by atoms with Gasteiger partial charge in [-0.3, -0.25) is 0 Å². The van der Waals surface area contributed by atoms with Gasteiger partial charge in [-0.15, -0.1) is 0 Å². The van der Waals surface area contributed by atoms with Gasteiger partial charge >= 0.3 is 0 Å². The van der Waals surface area contributed by atoms with E-state index in [-0.39, 0.29) is 35.3 Å². The summed E-state index contributed by atoms with van der Waals surface area (Å²) in [6.07, 6.45) is 0. The summed E-state index contributed by atoms with van der Waals surface area (Å²) >= 11 is 0. The zero-order chi connectivity index (χ0) is 12.4. The molecular weight excluding hydrogens is 229 g/mol. The fourth-order valence-corrected chi connectivity index (χ4v) is 1.33. The first-order valence-electron chi connectivity index (χ1n) is 4.75. The van der Waals surface area contributed by atoms with E-state index in [1.54, 1.807) is 0 Å². The molecule has 0 bridgehead atoms. The molecule has 0 unspecified atom stereocenters. The molecule has 90 valence electrons. The Bertz CT molecular complexity index is 542. The molecule has 0 radical (unpaired) electrons. The molecule has 17 heavy (non-hydrogen) atoms. The van der Waals surface area contributed by atoms with Crippen LogP contribution in [0.25, 0.3) is 11.4 Å². The van der Waals surface area contributed by atoms with Crippen molar-refractivity contribution in [2.24, 2.45) is 5.73 Å². The highest BCUT2D eigenvalue weighted by Crippen LogP contribution is 2.32. The second-order valence-corrected chi connectivity index (χ2v) is 3.22. The molecule has 6 nitrogen and oxygen atoms in total. The Labute approximate surface area is 95.8 Å². The molecule has 0 saturated heterocycles. The van der Waals surface area contributed by atoms with Crippen molar-refractivity contribution in [2.75, 3.05) is 7.11 Å². The number of hydrogen-bond donors (Lipinski definition) is 2. The summed E-state index contributed by atoms with van der Waals surface area (Å²) in [5, 5.41) is 13.2. The number of nitrogens with two attached hydrogens (primary N) is 1. The molecule has 0 fully saturated rings. The fraction of sp³-hybridized carbons (Fsp3) is 0.200. The molecule has 1 heterocycles. The van der Waals surface area contributed by atoms with Crippen molar-refractivity contribution in [1.29, 1.82) is 0 Å². The van der Waals surface area contributed by atoms with Gasteiger partial charge in [0.15, 0.2) is 11.6 Å². The predicted octanol–water partition coefficient (Wildman–Crippen LogP) is 1.05. The van der Waals surface area contributed by atoms with Crippen LogP contribution in [-0.2, 0) is 6.54 Å². The van der Waals surface area contributed by atoms with E-state index in [1.807, 2.05) is 0 Å². The largest absolute Gasteiger partial charge is 0.507 e. The first kappa shape index (κ1) is 11.3. The summed E-state index contributed by atoms with van der Waals surface area (Å²) in [6, 6.07) is 2.21. The van der Waals surface area contributed by atoms with E-state index in [2.05, 4.69) is 10.1 Å². The monoisotopic (exact) mass is 239 g/mol. The first-order chi connectivity index (χ1) is 8.15. The van der Waals surface area contributed by atoms with Crippen LogP contribution in [-0.4, -0.2) is 22.4 Å². The lowest BCUT2D eigenvalue weighted by atomic mass is 10.1. The molecule has 2 aromatic rings. The molecule has 7 heteroatoms. The third-order valence-electron chi connectivity index (χ3n) is 2.15. The van der Waals surface area contributed by atoms with Crippen LogP contribution in [0.4, 0.5) is 4.39 Å². The maximum atomic E-state index is 13.2. The van der Waals surface area contributed by atoms with Gasteiger partial charge in [-0.1, -0.05) is 5.16 Å². The SMILES string of the molecule is COc1cc(-c2noc(CN)n2)c(O)cc1F. The number of phenols is 1. The summed E-state index contributed by atoms with van der Waals surface area (Å²) in [6.45, 7) is 0.0894. The van der Waals surface area contributed by atoms with Crippen LogP contribution in [0.3, 0.4) is 0 Å². The molecule has 0 saturated carbocycles. The number of aromatic nitrogens is 2. The quantitative estimate of drug-likeness (QED) is 0.831. The number of benzene rings is 1. The molecular formula is C10H10FN3O3. The number of halogens is 1. The Morgan fingerprint density at radius 2 is 2.29 bits per heavy atom. The molecule has 0 aliphatic rings. The van der Waals surface area contributed by atoms with Gasteiger partial charge in [0.1, 0.15) is 5.75 Å². The highest BCUT2D eigenvalue weighted by molar-refractivity contribution is 5.65. The number of nitrogens with zero attached hydrogens (tertiary/aromatic N) is 2. The van der Waals surface area contributed by atoms with Crippen LogP contribution in [0.1, 0.15) is 5.89 Å². The van der Waals surface area contributed by atoms with Crippen molar-refractivity contribution in [2.45, 2.75) is 6.54 Å². The maximum absolute atomic E-state index is 13.2. The topological polar surface area (TPSA) is 94.4 Å². The average molecular weight is 239 g/mol. The lowest BCUT2D eigenvalue weighted by molar-refractivity contribution is 0.378. The third-order valence-corrected chi connectivity index (χ3v) is 2.15. The fourth-order valence-electron chi connectivity index (χ4n) is 1.33. The van der Waals surface area contributed by atoms with E-state index < -0.39 is 5.82 Å². The van der Waals surface area contributed by atoms with Gasteiger partial charge in [-0.25, -0.2) is 4.39 Å². The van der Waals surface area contributed by atoms with E-state index in [0.29, 0.717) is 0 Å². The molecule has 0 aliphatic carbocycles. The van der Waals surface area contributed by atoms with Crippen molar-refractivity contribution in [3.05, 3.63) is 23.8 Å². The van der Waals surface area contributed by atoms with Gasteiger partial charge in [0.25, 0.3) is 0 Å². The normalized spacial score (nSPS) is 10.5. The van der Waals surface area contributed by atoms with Gasteiger partial charge < -0.3 is 20.1 Å². The standard InChI is InChI=1S/C10H10FN3O3/c1-16-8-2-5(7(15)3-6(8)11)10-13-9(4-12)17-14-10/h2-3,15H,4,12H2,1H3. The second-order valence-electron chi connectivity index (χ2n) is 3.22. The van der Waals surface area contributed by atoms with Crippen LogP contribution in [0.5, 0.6) is 11.5 Å². The second kappa shape index (κ2) is 4.38. The molecule has 1 aromatic carbocycles. The Kier molecular flexibility index (Phi) is 2.92. The zero-order valence-corrected chi connectivity index (χ0v) is 8.98. The summed E-state index contributed by atoms with van der Waals surface area (Å²) < 4.78 is 22.8. The van der Waals surface area contributed by atoms with Crippen LogP contribution >= 0.6 is 0 Å². The van der Waals surface area contributed by atoms with E-state index in [0.717, 1.165) is 6.07 Å². The Morgan fingerprint density at radius 3 is 2.88 bits per heavy atom. The molecule has 0 amide bonds. The third kappa shape index (κ3) is 2.04. The predicted molar refractivity (Wildman–Crippen MR) is 55.8 cm³/mol. The van der Waals surface area contributed by atoms with E-state index in [1.165, 1.54) is 13.2 Å². The van der Waals surface area contributed by atoms with Gasteiger partial charge in [0, 0.05) is 6.07 Å². The van der Waals surface area contributed by atoms with Gasteiger partial charge in [-0.05, 0) is 6.07 Å². The lowest BCUT2D eigenvalue weighted by Crippen LogP contribution is -1.96. The first-order valence-corrected chi connectivity index (χ1v) is 4.75.